The van der Waals surface area contributed by atoms with E-state index in [2.05, 4.69) is 10.0 Å². The summed E-state index contributed by atoms with van der Waals surface area (Å²) in [4.78, 5) is 12.9. The lowest BCUT2D eigenvalue weighted by molar-refractivity contribution is -0.123. The summed E-state index contributed by atoms with van der Waals surface area (Å²) in [7, 11) is -1.97. The molecule has 26 heavy (non-hydrogen) atoms. The van der Waals surface area contributed by atoms with Gasteiger partial charge in [-0.05, 0) is 43.5 Å². The molecule has 0 saturated heterocycles. The summed E-state index contributed by atoms with van der Waals surface area (Å²) in [6.07, 6.45) is 4.24. The predicted octanol–water partition coefficient (Wildman–Crippen LogP) is 1.40. The van der Waals surface area contributed by atoms with Crippen LogP contribution < -0.4 is 19.5 Å². The predicted molar refractivity (Wildman–Crippen MR) is 98.0 cm³/mol. The van der Waals surface area contributed by atoms with Crippen molar-refractivity contribution < 1.29 is 22.7 Å². The standard InChI is InChI=1S/C18H26N2O5S/c1-19-26(22,23)11-8-20-18(21)17(13-4-2-3-5-13)14-6-7-15-16(12-14)25-10-9-24-15/h6-7,12-13,17,19H,2-5,8-11H2,1H3,(H,20,21). The van der Waals surface area contributed by atoms with E-state index in [1.807, 2.05) is 18.2 Å². The van der Waals surface area contributed by atoms with Crippen LogP contribution in [0.5, 0.6) is 11.5 Å². The van der Waals surface area contributed by atoms with Crippen molar-refractivity contribution in [3.63, 3.8) is 0 Å². The highest BCUT2D eigenvalue weighted by Crippen LogP contribution is 2.40. The Kier molecular flexibility index (Phi) is 6.03. The Bertz CT molecular complexity index is 744. The second-order valence-corrected chi connectivity index (χ2v) is 8.79. The third kappa shape index (κ3) is 4.48. The molecule has 1 atom stereocenters. The van der Waals surface area contributed by atoms with Gasteiger partial charge >= 0.3 is 0 Å². The number of carbonyl (C=O) groups is 1. The normalized spacial score (nSPS) is 18.5. The molecule has 1 aliphatic heterocycles. The van der Waals surface area contributed by atoms with Crippen LogP contribution in [0.2, 0.25) is 0 Å². The quantitative estimate of drug-likeness (QED) is 0.743. The van der Waals surface area contributed by atoms with E-state index in [4.69, 9.17) is 9.47 Å². The minimum atomic E-state index is -3.34. The van der Waals surface area contributed by atoms with E-state index < -0.39 is 10.0 Å². The summed E-state index contributed by atoms with van der Waals surface area (Å²) in [5, 5.41) is 2.80. The summed E-state index contributed by atoms with van der Waals surface area (Å²) in [6, 6.07) is 5.66. The largest absolute Gasteiger partial charge is 0.486 e. The van der Waals surface area contributed by atoms with Gasteiger partial charge in [0.25, 0.3) is 0 Å². The van der Waals surface area contributed by atoms with Crippen molar-refractivity contribution in [3.8, 4) is 11.5 Å². The van der Waals surface area contributed by atoms with Gasteiger partial charge in [-0.15, -0.1) is 0 Å². The van der Waals surface area contributed by atoms with E-state index in [0.29, 0.717) is 24.7 Å². The molecule has 1 aromatic rings. The van der Waals surface area contributed by atoms with Crippen molar-refractivity contribution >= 4 is 15.9 Å². The van der Waals surface area contributed by atoms with Crippen molar-refractivity contribution in [1.29, 1.82) is 0 Å². The van der Waals surface area contributed by atoms with Gasteiger partial charge in [-0.25, -0.2) is 13.1 Å². The second-order valence-electron chi connectivity index (χ2n) is 6.74. The van der Waals surface area contributed by atoms with Gasteiger partial charge in [0, 0.05) is 6.54 Å². The maximum atomic E-state index is 12.9. The smallest absolute Gasteiger partial charge is 0.227 e. The minimum Gasteiger partial charge on any atom is -0.486 e. The zero-order valence-corrected chi connectivity index (χ0v) is 15.8. The van der Waals surface area contributed by atoms with Gasteiger partial charge in [0.05, 0.1) is 11.7 Å². The Morgan fingerprint density at radius 2 is 1.88 bits per heavy atom. The van der Waals surface area contributed by atoms with E-state index in [0.717, 1.165) is 31.2 Å². The molecular formula is C18H26N2O5S. The highest BCUT2D eigenvalue weighted by Gasteiger charge is 2.33. The van der Waals surface area contributed by atoms with Crippen LogP contribution in [0.3, 0.4) is 0 Å². The fourth-order valence-electron chi connectivity index (χ4n) is 3.70. The molecule has 1 heterocycles. The summed E-state index contributed by atoms with van der Waals surface area (Å²) in [5.41, 5.74) is 0.898. The van der Waals surface area contributed by atoms with Crippen molar-refractivity contribution in [1.82, 2.24) is 10.0 Å². The molecule has 0 aromatic heterocycles. The molecular weight excluding hydrogens is 356 g/mol. The monoisotopic (exact) mass is 382 g/mol. The first-order valence-electron chi connectivity index (χ1n) is 9.08. The highest BCUT2D eigenvalue weighted by atomic mass is 32.2. The molecule has 1 saturated carbocycles. The number of hydrogen-bond acceptors (Lipinski definition) is 5. The second kappa shape index (κ2) is 8.26. The van der Waals surface area contributed by atoms with Gasteiger partial charge in [-0.1, -0.05) is 18.9 Å². The Morgan fingerprint density at radius 3 is 2.58 bits per heavy atom. The Hall–Kier alpha value is -1.80. The number of fused-ring (bicyclic) bond motifs is 1. The molecule has 2 aliphatic rings. The molecule has 0 bridgehead atoms. The van der Waals surface area contributed by atoms with Crippen LogP contribution in [0, 0.1) is 5.92 Å². The number of rotatable bonds is 7. The zero-order valence-electron chi connectivity index (χ0n) is 15.0. The number of sulfonamides is 1. The summed E-state index contributed by atoms with van der Waals surface area (Å²) in [5.74, 6) is 1.07. The molecule has 1 amide bonds. The molecule has 1 fully saturated rings. The van der Waals surface area contributed by atoms with Crippen LogP contribution in [0.15, 0.2) is 18.2 Å². The number of benzene rings is 1. The molecule has 2 N–H and O–H groups in total. The molecule has 3 rings (SSSR count). The summed E-state index contributed by atoms with van der Waals surface area (Å²) >= 11 is 0. The molecule has 1 unspecified atom stereocenters. The van der Waals surface area contributed by atoms with Crippen LogP contribution in [0.1, 0.15) is 37.2 Å². The van der Waals surface area contributed by atoms with Crippen LogP contribution in [-0.4, -0.2) is 46.9 Å². The first-order chi connectivity index (χ1) is 12.5. The molecule has 0 spiro atoms. The lowest BCUT2D eigenvalue weighted by Gasteiger charge is -2.25. The van der Waals surface area contributed by atoms with Gasteiger partial charge in [0.2, 0.25) is 15.9 Å². The van der Waals surface area contributed by atoms with E-state index in [9.17, 15) is 13.2 Å². The molecule has 144 valence electrons. The van der Waals surface area contributed by atoms with Crippen molar-refractivity contribution in [2.45, 2.75) is 31.6 Å². The average Bonchev–Trinajstić information content (AvgIpc) is 3.16. The highest BCUT2D eigenvalue weighted by molar-refractivity contribution is 7.89. The Balaban J connectivity index is 1.76. The zero-order chi connectivity index (χ0) is 18.6. The van der Waals surface area contributed by atoms with Crippen LogP contribution in [0.4, 0.5) is 0 Å². The molecule has 0 radical (unpaired) electrons. The first kappa shape index (κ1) is 19.0. The van der Waals surface area contributed by atoms with Gasteiger partial charge in [0.1, 0.15) is 13.2 Å². The Labute approximate surface area is 154 Å². The van der Waals surface area contributed by atoms with E-state index >= 15 is 0 Å². The minimum absolute atomic E-state index is 0.0930. The first-order valence-corrected chi connectivity index (χ1v) is 10.7. The molecule has 1 aromatic carbocycles. The van der Waals surface area contributed by atoms with Gasteiger partial charge < -0.3 is 14.8 Å². The third-order valence-corrected chi connectivity index (χ3v) is 6.42. The van der Waals surface area contributed by atoms with E-state index in [1.165, 1.54) is 7.05 Å². The fourth-order valence-corrected chi connectivity index (χ4v) is 4.28. The number of carbonyl (C=O) groups excluding carboxylic acids is 1. The number of hydrogen-bond donors (Lipinski definition) is 2. The lowest BCUT2D eigenvalue weighted by atomic mass is 9.84. The summed E-state index contributed by atoms with van der Waals surface area (Å²) in [6.45, 7) is 1.12. The number of amides is 1. The summed E-state index contributed by atoms with van der Waals surface area (Å²) < 4.78 is 36.6. The number of ether oxygens (including phenoxy) is 2. The van der Waals surface area contributed by atoms with E-state index in [-0.39, 0.29) is 30.0 Å². The molecule has 7 nitrogen and oxygen atoms in total. The van der Waals surface area contributed by atoms with Crippen molar-refractivity contribution in [2.75, 3.05) is 32.6 Å². The fraction of sp³-hybridized carbons (Fsp3) is 0.611. The van der Waals surface area contributed by atoms with Crippen molar-refractivity contribution in [3.05, 3.63) is 23.8 Å². The number of nitrogens with one attached hydrogen (secondary N) is 2. The maximum Gasteiger partial charge on any atom is 0.227 e. The van der Waals surface area contributed by atoms with Crippen LogP contribution >= 0.6 is 0 Å². The Morgan fingerprint density at radius 1 is 1.19 bits per heavy atom. The SMILES string of the molecule is CNS(=O)(=O)CCNC(=O)C(c1ccc2c(c1)OCCO2)C1CCCC1. The van der Waals surface area contributed by atoms with Crippen LogP contribution in [-0.2, 0) is 14.8 Å². The maximum absolute atomic E-state index is 12.9. The van der Waals surface area contributed by atoms with Gasteiger partial charge in [0.15, 0.2) is 11.5 Å². The van der Waals surface area contributed by atoms with Crippen LogP contribution in [0.25, 0.3) is 0 Å². The van der Waals surface area contributed by atoms with Crippen molar-refractivity contribution in [2.24, 2.45) is 5.92 Å². The van der Waals surface area contributed by atoms with E-state index in [1.54, 1.807) is 0 Å². The third-order valence-electron chi connectivity index (χ3n) is 5.06. The topological polar surface area (TPSA) is 93.7 Å². The van der Waals surface area contributed by atoms with Gasteiger partial charge in [-0.3, -0.25) is 4.79 Å². The molecule has 8 heteroatoms. The average molecular weight is 382 g/mol. The van der Waals surface area contributed by atoms with Gasteiger partial charge in [-0.2, -0.15) is 0 Å². The lowest BCUT2D eigenvalue weighted by Crippen LogP contribution is -2.37. The molecule has 1 aliphatic carbocycles.